The van der Waals surface area contributed by atoms with Crippen molar-refractivity contribution < 1.29 is 9.67 Å². The lowest BCUT2D eigenvalue weighted by Gasteiger charge is -2.04. The van der Waals surface area contributed by atoms with Gasteiger partial charge in [-0.1, -0.05) is 21.8 Å². The molecule has 76 valence electrons. The second kappa shape index (κ2) is 3.65. The Morgan fingerprint density at radius 1 is 1.20 bits per heavy atom. The maximum Gasteiger partial charge on any atom is 0.437 e. The number of nitrogens with zero attached hydrogens (tertiary/aromatic N) is 3. The van der Waals surface area contributed by atoms with Crippen LogP contribution in [-0.4, -0.2) is 9.97 Å². The molecular weight excluding hydrogens is 190 g/mol. The van der Waals surface area contributed by atoms with Crippen LogP contribution in [0.1, 0.15) is 11.4 Å². The van der Waals surface area contributed by atoms with E-state index in [0.29, 0.717) is 5.95 Å². The third kappa shape index (κ3) is 2.10. The van der Waals surface area contributed by atoms with E-state index in [0.717, 1.165) is 11.4 Å². The fourth-order valence-electron chi connectivity index (χ4n) is 1.40. The van der Waals surface area contributed by atoms with Crippen molar-refractivity contribution in [2.24, 2.45) is 0 Å². The smallest absolute Gasteiger partial charge is 0.437 e. The van der Waals surface area contributed by atoms with Gasteiger partial charge in [-0.2, -0.15) is 0 Å². The van der Waals surface area contributed by atoms with E-state index in [-0.39, 0.29) is 5.75 Å². The molecule has 0 unspecified atom stereocenters. The Morgan fingerprint density at radius 2 is 1.87 bits per heavy atom. The fraction of sp³-hybridized carbons (Fsp3) is 0.182. The summed E-state index contributed by atoms with van der Waals surface area (Å²) in [4.78, 5) is 8.52. The first kappa shape index (κ1) is 9.58. The summed E-state index contributed by atoms with van der Waals surface area (Å²) in [6.07, 6.45) is 3.23. The monoisotopic (exact) mass is 201 g/mol. The number of pyridine rings is 1. The third-order valence-electron chi connectivity index (χ3n) is 1.97. The van der Waals surface area contributed by atoms with Gasteiger partial charge in [-0.25, -0.2) is 4.57 Å². The van der Waals surface area contributed by atoms with Crippen molar-refractivity contribution >= 4 is 0 Å². The normalized spacial score (nSPS) is 10.3. The van der Waals surface area contributed by atoms with Gasteiger partial charge in [0, 0.05) is 6.07 Å². The Balaban J connectivity index is 2.54. The first-order chi connectivity index (χ1) is 7.15. The highest BCUT2D eigenvalue weighted by molar-refractivity contribution is 5.13. The quantitative estimate of drug-likeness (QED) is 0.629. The van der Waals surface area contributed by atoms with Crippen LogP contribution in [0, 0.1) is 13.8 Å². The fourth-order valence-corrected chi connectivity index (χ4v) is 1.40. The molecule has 0 N–H and O–H groups in total. The minimum absolute atomic E-state index is 0.0553. The minimum Gasteiger partial charge on any atom is -0.871 e. The van der Waals surface area contributed by atoms with Crippen molar-refractivity contribution in [3.8, 4) is 11.7 Å². The lowest BCUT2D eigenvalue weighted by Crippen LogP contribution is -2.33. The standard InChI is InChI=1S/C11H11N3O/c1-8-6-9(2)13-11(12-8)14-5-3-4-10(15)7-14/h3-7H,1-2H3. The average Bonchev–Trinajstić information content (AvgIpc) is 2.16. The van der Waals surface area contributed by atoms with E-state index in [4.69, 9.17) is 0 Å². The van der Waals surface area contributed by atoms with E-state index < -0.39 is 0 Å². The van der Waals surface area contributed by atoms with E-state index >= 15 is 0 Å². The zero-order valence-electron chi connectivity index (χ0n) is 8.64. The van der Waals surface area contributed by atoms with Gasteiger partial charge in [0.15, 0.2) is 0 Å². The van der Waals surface area contributed by atoms with Crippen LogP contribution in [0.15, 0.2) is 30.6 Å². The molecule has 2 aromatic rings. The van der Waals surface area contributed by atoms with Crippen LogP contribution in [-0.2, 0) is 0 Å². The van der Waals surface area contributed by atoms with Crippen molar-refractivity contribution in [1.82, 2.24) is 9.97 Å². The average molecular weight is 201 g/mol. The van der Waals surface area contributed by atoms with Gasteiger partial charge >= 0.3 is 5.95 Å². The molecule has 0 bridgehead atoms. The molecule has 0 radical (unpaired) electrons. The second-order valence-electron chi connectivity index (χ2n) is 3.40. The van der Waals surface area contributed by atoms with Crippen LogP contribution in [0.5, 0.6) is 5.75 Å². The van der Waals surface area contributed by atoms with Crippen LogP contribution < -0.4 is 9.67 Å². The predicted molar refractivity (Wildman–Crippen MR) is 52.5 cm³/mol. The van der Waals surface area contributed by atoms with Crippen molar-refractivity contribution in [1.29, 1.82) is 0 Å². The molecule has 0 atom stereocenters. The summed E-state index contributed by atoms with van der Waals surface area (Å²) >= 11 is 0. The molecule has 0 aliphatic carbocycles. The second-order valence-corrected chi connectivity index (χ2v) is 3.40. The molecule has 2 aromatic heterocycles. The maximum atomic E-state index is 11.2. The van der Waals surface area contributed by atoms with E-state index in [9.17, 15) is 5.11 Å². The van der Waals surface area contributed by atoms with Crippen LogP contribution in [0.3, 0.4) is 0 Å². The Kier molecular flexibility index (Phi) is 2.33. The molecule has 2 rings (SSSR count). The molecule has 0 saturated heterocycles. The van der Waals surface area contributed by atoms with Gasteiger partial charge in [-0.15, -0.1) is 0 Å². The van der Waals surface area contributed by atoms with E-state index in [1.54, 1.807) is 16.8 Å². The highest BCUT2D eigenvalue weighted by atomic mass is 16.3. The van der Waals surface area contributed by atoms with Crippen molar-refractivity contribution in [3.05, 3.63) is 42.0 Å². The molecule has 0 fully saturated rings. The molecular formula is C11H11N3O. The van der Waals surface area contributed by atoms with E-state index in [2.05, 4.69) is 9.97 Å². The summed E-state index contributed by atoms with van der Waals surface area (Å²) in [6, 6.07) is 5.08. The highest BCUT2D eigenvalue weighted by Crippen LogP contribution is 2.01. The van der Waals surface area contributed by atoms with Gasteiger partial charge in [-0.05, 0) is 19.9 Å². The van der Waals surface area contributed by atoms with Gasteiger partial charge < -0.3 is 5.11 Å². The van der Waals surface area contributed by atoms with Crippen LogP contribution in [0.4, 0.5) is 0 Å². The number of hydrogen-bond acceptors (Lipinski definition) is 3. The van der Waals surface area contributed by atoms with Crippen molar-refractivity contribution in [2.75, 3.05) is 0 Å². The van der Waals surface area contributed by atoms with Crippen LogP contribution >= 0.6 is 0 Å². The largest absolute Gasteiger partial charge is 0.871 e. The van der Waals surface area contributed by atoms with Gasteiger partial charge in [-0.3, -0.25) is 0 Å². The molecule has 0 aromatic carbocycles. The number of aryl methyl sites for hydroxylation is 2. The van der Waals surface area contributed by atoms with E-state index in [1.807, 2.05) is 19.9 Å². The Bertz CT molecular complexity index is 477. The Hall–Kier alpha value is -1.97. The molecule has 4 heteroatoms. The third-order valence-corrected chi connectivity index (χ3v) is 1.97. The van der Waals surface area contributed by atoms with Gasteiger partial charge in [0.1, 0.15) is 11.4 Å². The molecule has 0 aliphatic heterocycles. The first-order valence-electron chi connectivity index (χ1n) is 4.66. The zero-order valence-corrected chi connectivity index (χ0v) is 8.64. The van der Waals surface area contributed by atoms with E-state index in [1.165, 1.54) is 12.3 Å². The van der Waals surface area contributed by atoms with Gasteiger partial charge in [0.2, 0.25) is 0 Å². The lowest BCUT2D eigenvalue weighted by atomic mass is 10.3. The molecule has 0 amide bonds. The topological polar surface area (TPSA) is 52.7 Å². The summed E-state index contributed by atoms with van der Waals surface area (Å²) in [6.45, 7) is 3.81. The maximum absolute atomic E-state index is 11.2. The zero-order chi connectivity index (χ0) is 10.8. The van der Waals surface area contributed by atoms with Gasteiger partial charge in [0.25, 0.3) is 0 Å². The number of aromatic nitrogens is 3. The lowest BCUT2D eigenvalue weighted by molar-refractivity contribution is -0.607. The summed E-state index contributed by atoms with van der Waals surface area (Å²) < 4.78 is 1.63. The predicted octanol–water partition coefficient (Wildman–Crippen LogP) is 0.444. The van der Waals surface area contributed by atoms with Crippen LogP contribution in [0.25, 0.3) is 5.95 Å². The number of rotatable bonds is 1. The molecule has 2 heterocycles. The van der Waals surface area contributed by atoms with Gasteiger partial charge in [0.05, 0.1) is 12.4 Å². The summed E-state index contributed by atoms with van der Waals surface area (Å²) in [7, 11) is 0. The molecule has 15 heavy (non-hydrogen) atoms. The molecule has 4 nitrogen and oxygen atoms in total. The van der Waals surface area contributed by atoms with Crippen molar-refractivity contribution in [2.45, 2.75) is 13.8 Å². The molecule has 0 spiro atoms. The molecule has 0 saturated carbocycles. The van der Waals surface area contributed by atoms with Crippen LogP contribution in [0.2, 0.25) is 0 Å². The molecule has 0 aliphatic rings. The summed E-state index contributed by atoms with van der Waals surface area (Å²) in [5.41, 5.74) is 1.78. The van der Waals surface area contributed by atoms with Crippen molar-refractivity contribution in [3.63, 3.8) is 0 Å². The minimum atomic E-state index is -0.0553. The highest BCUT2D eigenvalue weighted by Gasteiger charge is 2.10. The number of hydrogen-bond donors (Lipinski definition) is 0. The Morgan fingerprint density at radius 3 is 2.47 bits per heavy atom. The summed E-state index contributed by atoms with van der Waals surface area (Å²) in [5, 5.41) is 11.2. The summed E-state index contributed by atoms with van der Waals surface area (Å²) in [5.74, 6) is 0.477. The Labute approximate surface area is 87.9 Å². The SMILES string of the molecule is Cc1cc(C)nc(-[n+]2cccc([O-])c2)n1. The first-order valence-corrected chi connectivity index (χ1v) is 4.66.